The van der Waals surface area contributed by atoms with E-state index in [1.165, 1.54) is 12.3 Å². The molecule has 7 nitrogen and oxygen atoms in total. The molecule has 1 spiro atoms. The Bertz CT molecular complexity index is 863. The molecule has 2 aliphatic heterocycles. The zero-order valence-electron chi connectivity index (χ0n) is 14.6. The highest BCUT2D eigenvalue weighted by Crippen LogP contribution is 2.42. The molecule has 2 aromatic rings. The van der Waals surface area contributed by atoms with Crippen LogP contribution in [0.3, 0.4) is 0 Å². The molecular formula is C19H19FN4O3. The maximum atomic E-state index is 13.3. The van der Waals surface area contributed by atoms with Crippen molar-refractivity contribution in [2.75, 3.05) is 26.2 Å². The van der Waals surface area contributed by atoms with Crippen molar-refractivity contribution >= 4 is 11.8 Å². The first kappa shape index (κ1) is 17.4. The fraction of sp³-hybridized carbons (Fsp3) is 0.368. The van der Waals surface area contributed by atoms with E-state index in [0.29, 0.717) is 32.0 Å². The molecule has 0 aliphatic carbocycles. The topological polar surface area (TPSA) is 84.4 Å². The molecule has 0 saturated carbocycles. The Morgan fingerprint density at radius 1 is 1.33 bits per heavy atom. The molecule has 8 heteroatoms. The number of carbonyl (C=O) groups is 2. The van der Waals surface area contributed by atoms with Gasteiger partial charge in [-0.1, -0.05) is 6.07 Å². The van der Waals surface area contributed by atoms with Gasteiger partial charge in [-0.3, -0.25) is 9.59 Å². The summed E-state index contributed by atoms with van der Waals surface area (Å²) in [6, 6.07) is 7.99. The first-order valence-electron chi connectivity index (χ1n) is 8.81. The Labute approximate surface area is 155 Å². The maximum absolute atomic E-state index is 13.3. The van der Waals surface area contributed by atoms with Gasteiger partial charge in [-0.2, -0.15) is 4.39 Å². The van der Waals surface area contributed by atoms with Gasteiger partial charge in [-0.25, -0.2) is 9.97 Å². The van der Waals surface area contributed by atoms with Crippen LogP contribution in [0.1, 0.15) is 16.8 Å². The number of hydrogen-bond acceptors (Lipinski definition) is 5. The summed E-state index contributed by atoms with van der Waals surface area (Å²) in [5.41, 5.74) is -0.449. The predicted octanol–water partition coefficient (Wildman–Crippen LogP) is 1.27. The van der Waals surface area contributed by atoms with Crippen LogP contribution in [-0.4, -0.2) is 52.9 Å². The lowest BCUT2D eigenvalue weighted by Gasteiger charge is -2.28. The molecule has 4 heterocycles. The Morgan fingerprint density at radius 3 is 3.00 bits per heavy atom. The van der Waals surface area contributed by atoms with Gasteiger partial charge in [0, 0.05) is 55.6 Å². The van der Waals surface area contributed by atoms with E-state index in [0.717, 1.165) is 6.07 Å². The average molecular weight is 370 g/mol. The van der Waals surface area contributed by atoms with E-state index in [-0.39, 0.29) is 29.8 Å². The lowest BCUT2D eigenvalue weighted by Crippen LogP contribution is -2.41. The normalized spacial score (nSPS) is 24.3. The summed E-state index contributed by atoms with van der Waals surface area (Å²) >= 11 is 0. The monoisotopic (exact) mass is 370 g/mol. The Balaban J connectivity index is 1.48. The van der Waals surface area contributed by atoms with Crippen LogP contribution < -0.4 is 10.1 Å². The number of nitrogens with zero attached hydrogens (tertiary/aromatic N) is 3. The third-order valence-corrected chi connectivity index (χ3v) is 5.37. The molecule has 2 aliphatic rings. The van der Waals surface area contributed by atoms with Crippen molar-refractivity contribution in [1.82, 2.24) is 20.2 Å². The molecule has 0 radical (unpaired) electrons. The first-order valence-corrected chi connectivity index (χ1v) is 8.81. The molecular weight excluding hydrogens is 351 g/mol. The van der Waals surface area contributed by atoms with Crippen LogP contribution in [0, 0.1) is 17.3 Å². The zero-order chi connectivity index (χ0) is 18.9. The fourth-order valence-electron chi connectivity index (χ4n) is 3.85. The van der Waals surface area contributed by atoms with Crippen molar-refractivity contribution in [2.45, 2.75) is 6.42 Å². The summed E-state index contributed by atoms with van der Waals surface area (Å²) in [5, 5.41) is 2.90. The SMILES string of the molecule is O=C(c1ccnc(F)c1)N1CC[C@]2(C1)C(=O)NC[C@H]2COc1ccccn1. The minimum atomic E-state index is -0.699. The number of likely N-dealkylation sites (tertiary alicyclic amines) is 1. The standard InChI is InChI=1S/C19H19FN4O3/c20-15-9-13(4-7-21-15)17(25)24-8-5-19(12-24)14(10-23-18(19)26)11-27-16-3-1-2-6-22-16/h1-4,6-7,9,14H,5,8,10-12H2,(H,23,26)/t14-,19+/m0/s1. The third-order valence-electron chi connectivity index (χ3n) is 5.37. The summed E-state index contributed by atoms with van der Waals surface area (Å²) in [6.07, 6.45) is 3.46. The van der Waals surface area contributed by atoms with E-state index in [9.17, 15) is 14.0 Å². The van der Waals surface area contributed by atoms with Gasteiger partial charge in [0.1, 0.15) is 0 Å². The number of amides is 2. The number of halogens is 1. The smallest absolute Gasteiger partial charge is 0.254 e. The van der Waals surface area contributed by atoms with Gasteiger partial charge >= 0.3 is 0 Å². The van der Waals surface area contributed by atoms with E-state index in [1.807, 2.05) is 6.07 Å². The van der Waals surface area contributed by atoms with Gasteiger partial charge in [0.25, 0.3) is 5.91 Å². The molecule has 0 bridgehead atoms. The molecule has 27 heavy (non-hydrogen) atoms. The van der Waals surface area contributed by atoms with E-state index >= 15 is 0 Å². The van der Waals surface area contributed by atoms with Crippen molar-refractivity contribution in [3.63, 3.8) is 0 Å². The van der Waals surface area contributed by atoms with Gasteiger partial charge in [0.2, 0.25) is 17.7 Å². The summed E-state index contributed by atoms with van der Waals surface area (Å²) in [5.74, 6) is -0.621. The van der Waals surface area contributed by atoms with Gasteiger partial charge in [-0.05, 0) is 18.6 Å². The Hall–Kier alpha value is -3.03. The maximum Gasteiger partial charge on any atom is 0.254 e. The molecule has 2 saturated heterocycles. The second-order valence-corrected chi connectivity index (χ2v) is 6.89. The zero-order valence-corrected chi connectivity index (χ0v) is 14.6. The van der Waals surface area contributed by atoms with Crippen LogP contribution in [0.2, 0.25) is 0 Å². The van der Waals surface area contributed by atoms with Crippen molar-refractivity contribution in [3.8, 4) is 5.88 Å². The van der Waals surface area contributed by atoms with Crippen molar-refractivity contribution in [3.05, 3.63) is 54.2 Å². The lowest BCUT2D eigenvalue weighted by atomic mass is 9.77. The highest BCUT2D eigenvalue weighted by atomic mass is 19.1. The van der Waals surface area contributed by atoms with E-state index in [2.05, 4.69) is 15.3 Å². The van der Waals surface area contributed by atoms with Crippen LogP contribution in [0.4, 0.5) is 4.39 Å². The fourth-order valence-corrected chi connectivity index (χ4v) is 3.85. The van der Waals surface area contributed by atoms with Crippen LogP contribution in [-0.2, 0) is 4.79 Å². The van der Waals surface area contributed by atoms with Gasteiger partial charge < -0.3 is 15.0 Å². The molecule has 2 aromatic heterocycles. The van der Waals surface area contributed by atoms with E-state index < -0.39 is 11.4 Å². The number of ether oxygens (including phenoxy) is 1. The summed E-state index contributed by atoms with van der Waals surface area (Å²) < 4.78 is 19.1. The number of rotatable bonds is 4. The minimum Gasteiger partial charge on any atom is -0.477 e. The summed E-state index contributed by atoms with van der Waals surface area (Å²) in [6.45, 7) is 1.56. The van der Waals surface area contributed by atoms with Crippen LogP contribution in [0.15, 0.2) is 42.7 Å². The van der Waals surface area contributed by atoms with Crippen molar-refractivity contribution in [1.29, 1.82) is 0 Å². The quantitative estimate of drug-likeness (QED) is 0.820. The number of nitrogens with one attached hydrogen (secondary N) is 1. The molecule has 2 atom stereocenters. The summed E-state index contributed by atoms with van der Waals surface area (Å²) in [7, 11) is 0. The molecule has 2 fully saturated rings. The molecule has 1 N–H and O–H groups in total. The predicted molar refractivity (Wildman–Crippen MR) is 93.4 cm³/mol. The largest absolute Gasteiger partial charge is 0.477 e. The Morgan fingerprint density at radius 2 is 2.22 bits per heavy atom. The average Bonchev–Trinajstić information content (AvgIpc) is 3.26. The highest BCUT2D eigenvalue weighted by Gasteiger charge is 2.55. The van der Waals surface area contributed by atoms with Gasteiger partial charge in [0.15, 0.2) is 0 Å². The second-order valence-electron chi connectivity index (χ2n) is 6.89. The van der Waals surface area contributed by atoms with Crippen molar-refractivity contribution in [2.24, 2.45) is 11.3 Å². The van der Waals surface area contributed by atoms with E-state index in [1.54, 1.807) is 23.2 Å². The molecule has 140 valence electrons. The number of aromatic nitrogens is 2. The van der Waals surface area contributed by atoms with Crippen LogP contribution in [0.5, 0.6) is 5.88 Å². The molecule has 2 amide bonds. The van der Waals surface area contributed by atoms with E-state index in [4.69, 9.17) is 4.74 Å². The number of carbonyl (C=O) groups excluding carboxylic acids is 2. The third kappa shape index (κ3) is 3.22. The van der Waals surface area contributed by atoms with Gasteiger partial charge in [-0.15, -0.1) is 0 Å². The number of hydrogen-bond donors (Lipinski definition) is 1. The lowest BCUT2D eigenvalue weighted by molar-refractivity contribution is -0.128. The Kier molecular flexibility index (Phi) is 4.47. The molecule has 0 aromatic carbocycles. The minimum absolute atomic E-state index is 0.0617. The van der Waals surface area contributed by atoms with Gasteiger partial charge in [0.05, 0.1) is 12.0 Å². The van der Waals surface area contributed by atoms with Crippen LogP contribution in [0.25, 0.3) is 0 Å². The molecule has 0 unspecified atom stereocenters. The summed E-state index contributed by atoms with van der Waals surface area (Å²) in [4.78, 5) is 34.5. The number of pyridine rings is 2. The highest BCUT2D eigenvalue weighted by molar-refractivity contribution is 5.95. The molecule has 4 rings (SSSR count). The van der Waals surface area contributed by atoms with Crippen molar-refractivity contribution < 1.29 is 18.7 Å². The van der Waals surface area contributed by atoms with Crippen LogP contribution >= 0.6 is 0 Å². The second kappa shape index (κ2) is 6.94. The first-order chi connectivity index (χ1) is 13.1.